The molecule has 2 aliphatic rings. The maximum absolute atomic E-state index is 5.51. The van der Waals surface area contributed by atoms with Crippen molar-refractivity contribution < 1.29 is 0 Å². The fraction of sp³-hybridized carbons (Fsp3) is 0.0167. The smallest absolute Gasteiger partial charge is 0.160 e. The van der Waals surface area contributed by atoms with Crippen molar-refractivity contribution in [1.29, 1.82) is 0 Å². The minimum atomic E-state index is -0.468. The van der Waals surface area contributed by atoms with Crippen LogP contribution in [0.5, 0.6) is 0 Å². The van der Waals surface area contributed by atoms with Crippen molar-refractivity contribution in [3.63, 3.8) is 0 Å². The molecule has 0 unspecified atom stereocenters. The van der Waals surface area contributed by atoms with Gasteiger partial charge in [0.05, 0.1) is 28.0 Å². The summed E-state index contributed by atoms with van der Waals surface area (Å²) in [6.45, 7) is 0. The number of thiophene rings is 1. The van der Waals surface area contributed by atoms with Gasteiger partial charge in [-0.2, -0.15) is 0 Å². The minimum absolute atomic E-state index is 0.468. The van der Waals surface area contributed by atoms with Gasteiger partial charge < -0.3 is 0 Å². The van der Waals surface area contributed by atoms with Crippen LogP contribution in [-0.2, 0) is 5.41 Å². The molecule has 5 heteroatoms. The van der Waals surface area contributed by atoms with Crippen LogP contribution in [-0.4, -0.2) is 15.0 Å². The van der Waals surface area contributed by atoms with E-state index in [1.165, 1.54) is 68.7 Å². The Morgan fingerprint density at radius 1 is 0.354 bits per heavy atom. The molecule has 0 amide bonds. The molecule has 12 aromatic rings. The molecule has 65 heavy (non-hydrogen) atoms. The Morgan fingerprint density at radius 3 is 1.83 bits per heavy atom. The standard InChI is InChI=1S/C60H35N3S2/c1-2-16-36(17-3-1)59-62-52(35-53(63-59)44-25-15-24-43-42-23-7-12-30-54(42)65-58(43)44)37-18-14-19-38(32-37)57-46-34-56-50(33-45(46)41-22-6-11-29-51(41)61-57)60(49-28-10-13-31-55(49)64-56)47-26-8-4-20-39(47)40-21-5-9-27-48(40)60/h1-35H. The van der Waals surface area contributed by atoms with E-state index in [2.05, 4.69) is 206 Å². The highest BCUT2D eigenvalue weighted by Crippen LogP contribution is 2.63. The van der Waals surface area contributed by atoms with Gasteiger partial charge >= 0.3 is 0 Å². The third kappa shape index (κ3) is 5.40. The van der Waals surface area contributed by atoms with Crippen LogP contribution in [0.1, 0.15) is 22.3 Å². The molecule has 1 aliphatic heterocycles. The zero-order chi connectivity index (χ0) is 42.6. The van der Waals surface area contributed by atoms with Gasteiger partial charge in [-0.05, 0) is 81.2 Å². The van der Waals surface area contributed by atoms with Crippen molar-refractivity contribution >= 4 is 64.9 Å². The van der Waals surface area contributed by atoms with Crippen LogP contribution in [0.2, 0.25) is 0 Å². The molecule has 0 atom stereocenters. The molecule has 3 nitrogen and oxygen atoms in total. The third-order valence-corrected chi connectivity index (χ3v) is 15.9. The molecule has 1 aliphatic carbocycles. The zero-order valence-electron chi connectivity index (χ0n) is 34.9. The number of pyridine rings is 1. The number of hydrogen-bond acceptors (Lipinski definition) is 5. The molecule has 0 radical (unpaired) electrons. The summed E-state index contributed by atoms with van der Waals surface area (Å²) < 4.78 is 2.50. The monoisotopic (exact) mass is 861 g/mol. The predicted octanol–water partition coefficient (Wildman–Crippen LogP) is 16.0. The van der Waals surface area contributed by atoms with Crippen molar-refractivity contribution in [3.05, 3.63) is 235 Å². The maximum Gasteiger partial charge on any atom is 0.160 e. The summed E-state index contributed by atoms with van der Waals surface area (Å²) in [5.74, 6) is 0.698. The highest BCUT2D eigenvalue weighted by molar-refractivity contribution is 7.99. The van der Waals surface area contributed by atoms with Crippen LogP contribution >= 0.6 is 23.1 Å². The summed E-state index contributed by atoms with van der Waals surface area (Å²) in [7, 11) is 0. The van der Waals surface area contributed by atoms with Gasteiger partial charge in [0, 0.05) is 63.0 Å². The summed E-state index contributed by atoms with van der Waals surface area (Å²) >= 11 is 3.70. The molecule has 14 rings (SSSR count). The normalized spacial score (nSPS) is 13.3. The van der Waals surface area contributed by atoms with Crippen LogP contribution in [0.15, 0.2) is 222 Å². The van der Waals surface area contributed by atoms with E-state index in [0.717, 1.165) is 55.6 Å². The Kier molecular flexibility index (Phi) is 8.00. The molecule has 0 fully saturated rings. The molecule has 0 saturated heterocycles. The summed E-state index contributed by atoms with van der Waals surface area (Å²) in [5, 5.41) is 5.99. The van der Waals surface area contributed by atoms with Crippen molar-refractivity contribution in [2.24, 2.45) is 0 Å². The second-order valence-electron chi connectivity index (χ2n) is 17.0. The summed E-state index contributed by atoms with van der Waals surface area (Å²) in [6.07, 6.45) is 0. The average Bonchev–Trinajstić information content (AvgIpc) is 3.90. The zero-order valence-corrected chi connectivity index (χ0v) is 36.5. The predicted molar refractivity (Wildman–Crippen MR) is 271 cm³/mol. The van der Waals surface area contributed by atoms with E-state index in [1.54, 1.807) is 0 Å². The summed E-state index contributed by atoms with van der Waals surface area (Å²) in [4.78, 5) is 18.6. The minimum Gasteiger partial charge on any atom is -0.247 e. The molecule has 0 N–H and O–H groups in total. The van der Waals surface area contributed by atoms with Crippen LogP contribution in [0.25, 0.3) is 98.1 Å². The Labute approximate surface area is 383 Å². The Morgan fingerprint density at radius 2 is 0.985 bits per heavy atom. The van der Waals surface area contributed by atoms with Gasteiger partial charge in [-0.15, -0.1) is 11.3 Å². The highest BCUT2D eigenvalue weighted by atomic mass is 32.2. The number of fused-ring (bicyclic) bond motifs is 15. The lowest BCUT2D eigenvalue weighted by molar-refractivity contribution is 0.724. The van der Waals surface area contributed by atoms with Gasteiger partial charge in [0.2, 0.25) is 0 Å². The number of aromatic nitrogens is 3. The molecule has 4 heterocycles. The quantitative estimate of drug-likeness (QED) is 0.165. The van der Waals surface area contributed by atoms with Crippen LogP contribution in [0.3, 0.4) is 0 Å². The van der Waals surface area contributed by atoms with Gasteiger partial charge in [0.1, 0.15) is 0 Å². The first-order valence-corrected chi connectivity index (χ1v) is 23.6. The first-order chi connectivity index (χ1) is 32.2. The number of para-hydroxylation sites is 1. The van der Waals surface area contributed by atoms with E-state index < -0.39 is 5.41 Å². The van der Waals surface area contributed by atoms with E-state index in [-0.39, 0.29) is 0 Å². The van der Waals surface area contributed by atoms with Crippen LogP contribution in [0.4, 0.5) is 0 Å². The largest absolute Gasteiger partial charge is 0.247 e. The lowest BCUT2D eigenvalue weighted by atomic mass is 9.67. The van der Waals surface area contributed by atoms with Gasteiger partial charge in [-0.3, -0.25) is 0 Å². The van der Waals surface area contributed by atoms with Crippen LogP contribution < -0.4 is 0 Å². The number of benzene rings is 9. The molecule has 1 spiro atoms. The topological polar surface area (TPSA) is 38.7 Å². The summed E-state index contributed by atoms with van der Waals surface area (Å²) in [5.41, 5.74) is 15.3. The average molecular weight is 862 g/mol. The van der Waals surface area contributed by atoms with Crippen molar-refractivity contribution in [3.8, 4) is 56.3 Å². The Hall–Kier alpha value is -7.70. The van der Waals surface area contributed by atoms with Crippen molar-refractivity contribution in [2.45, 2.75) is 15.2 Å². The van der Waals surface area contributed by atoms with Crippen molar-refractivity contribution in [1.82, 2.24) is 15.0 Å². The van der Waals surface area contributed by atoms with Gasteiger partial charge in [0.25, 0.3) is 0 Å². The second kappa shape index (κ2) is 14.2. The highest BCUT2D eigenvalue weighted by Gasteiger charge is 2.50. The molecule has 9 aromatic carbocycles. The number of rotatable bonds is 4. The van der Waals surface area contributed by atoms with Crippen LogP contribution in [0, 0.1) is 0 Å². The maximum atomic E-state index is 5.51. The number of nitrogens with zero attached hydrogens (tertiary/aromatic N) is 3. The van der Waals surface area contributed by atoms with E-state index >= 15 is 0 Å². The molecule has 302 valence electrons. The molecule has 3 aromatic heterocycles. The second-order valence-corrected chi connectivity index (χ2v) is 19.1. The third-order valence-electron chi connectivity index (χ3n) is 13.5. The van der Waals surface area contributed by atoms with Gasteiger partial charge in [-0.25, -0.2) is 15.0 Å². The number of hydrogen-bond donors (Lipinski definition) is 0. The lowest BCUT2D eigenvalue weighted by Gasteiger charge is -2.40. The molecule has 0 bridgehead atoms. The van der Waals surface area contributed by atoms with E-state index in [9.17, 15) is 0 Å². The lowest BCUT2D eigenvalue weighted by Crippen LogP contribution is -2.32. The SMILES string of the molecule is c1ccc(-c2nc(-c3cccc(-c4nc5ccccc5c5cc6c(cc45)Sc4ccccc4C64c5ccccc5-c5ccccc54)c3)cc(-c3cccc4c3sc3ccccc34)n2)cc1. The van der Waals surface area contributed by atoms with E-state index in [0.29, 0.717) is 5.82 Å². The van der Waals surface area contributed by atoms with E-state index in [1.807, 2.05) is 29.2 Å². The molecular weight excluding hydrogens is 827 g/mol. The van der Waals surface area contributed by atoms with Crippen molar-refractivity contribution in [2.75, 3.05) is 0 Å². The molecular formula is C60H35N3S2. The molecule has 0 saturated carbocycles. The Bertz CT molecular complexity index is 3900. The first kappa shape index (κ1) is 36.8. The summed E-state index contributed by atoms with van der Waals surface area (Å²) in [6, 6.07) is 77.1. The van der Waals surface area contributed by atoms with E-state index in [4.69, 9.17) is 15.0 Å². The first-order valence-electron chi connectivity index (χ1n) is 22.0. The fourth-order valence-corrected chi connectivity index (χ4v) is 13.2. The van der Waals surface area contributed by atoms with Gasteiger partial charge in [-0.1, -0.05) is 182 Å². The fourth-order valence-electron chi connectivity index (χ4n) is 10.7. The van der Waals surface area contributed by atoms with Gasteiger partial charge in [0.15, 0.2) is 5.82 Å². The Balaban J connectivity index is 0.993.